The Morgan fingerprint density at radius 2 is 2.22 bits per heavy atom. The van der Waals surface area contributed by atoms with Gasteiger partial charge in [0.05, 0.1) is 0 Å². The van der Waals surface area contributed by atoms with Gasteiger partial charge in [0.1, 0.15) is 0 Å². The van der Waals surface area contributed by atoms with Crippen LogP contribution in [-0.4, -0.2) is 30.6 Å². The van der Waals surface area contributed by atoms with Crippen LogP contribution in [0, 0.1) is 5.92 Å². The average molecular weight is 126 g/mol. The van der Waals surface area contributed by atoms with Crippen LogP contribution in [0.25, 0.3) is 0 Å². The SMILES string of the molecule is NC1C[C@@H]2CCN(C1)C2. The molecule has 0 aliphatic carbocycles. The Labute approximate surface area is 56.0 Å². The summed E-state index contributed by atoms with van der Waals surface area (Å²) in [4.78, 5) is 2.48. The molecule has 0 aromatic heterocycles. The van der Waals surface area contributed by atoms with Gasteiger partial charge in [-0.25, -0.2) is 0 Å². The molecule has 2 heterocycles. The predicted octanol–water partition coefficient (Wildman–Crippen LogP) is 0.0393. The summed E-state index contributed by atoms with van der Waals surface area (Å²) < 4.78 is 0. The smallest absolute Gasteiger partial charge is 0.0170 e. The first kappa shape index (κ1) is 5.69. The molecule has 0 aromatic carbocycles. The highest BCUT2D eigenvalue weighted by Crippen LogP contribution is 2.25. The van der Waals surface area contributed by atoms with Crippen LogP contribution in [0.3, 0.4) is 0 Å². The van der Waals surface area contributed by atoms with Crippen molar-refractivity contribution in [2.45, 2.75) is 18.9 Å². The Kier molecular flexibility index (Phi) is 1.24. The summed E-state index contributed by atoms with van der Waals surface area (Å²) in [6.07, 6.45) is 2.67. The first-order valence-electron chi connectivity index (χ1n) is 3.82. The fourth-order valence-electron chi connectivity index (χ4n) is 2.11. The highest BCUT2D eigenvalue weighted by Gasteiger charge is 2.29. The van der Waals surface area contributed by atoms with E-state index in [0.717, 1.165) is 12.5 Å². The Balaban J connectivity index is 2.03. The maximum absolute atomic E-state index is 5.81. The minimum absolute atomic E-state index is 0.478. The van der Waals surface area contributed by atoms with Crippen molar-refractivity contribution in [3.63, 3.8) is 0 Å². The second-order valence-electron chi connectivity index (χ2n) is 3.41. The molecule has 2 aliphatic heterocycles. The van der Waals surface area contributed by atoms with Gasteiger partial charge >= 0.3 is 0 Å². The summed E-state index contributed by atoms with van der Waals surface area (Å²) in [7, 11) is 0. The zero-order valence-electron chi connectivity index (χ0n) is 5.71. The fraction of sp³-hybridized carbons (Fsp3) is 1.00. The third kappa shape index (κ3) is 0.970. The lowest BCUT2D eigenvalue weighted by molar-refractivity contribution is 0.244. The lowest BCUT2D eigenvalue weighted by Crippen LogP contribution is -2.41. The van der Waals surface area contributed by atoms with E-state index in [-0.39, 0.29) is 0 Å². The lowest BCUT2D eigenvalue weighted by atomic mass is 9.98. The van der Waals surface area contributed by atoms with Crippen LogP contribution in [0.1, 0.15) is 12.8 Å². The number of hydrogen-bond donors (Lipinski definition) is 1. The molecule has 0 amide bonds. The predicted molar refractivity (Wildman–Crippen MR) is 37.1 cm³/mol. The zero-order valence-corrected chi connectivity index (χ0v) is 5.71. The molecular weight excluding hydrogens is 112 g/mol. The molecule has 2 rings (SSSR count). The van der Waals surface area contributed by atoms with Gasteiger partial charge in [0.25, 0.3) is 0 Å². The average Bonchev–Trinajstić information content (AvgIpc) is 2.11. The molecule has 2 heteroatoms. The second kappa shape index (κ2) is 1.96. The molecule has 2 N–H and O–H groups in total. The quantitative estimate of drug-likeness (QED) is 0.496. The fourth-order valence-corrected chi connectivity index (χ4v) is 2.11. The van der Waals surface area contributed by atoms with Crippen molar-refractivity contribution in [3.05, 3.63) is 0 Å². The normalized spacial score (nSPS) is 49.7. The van der Waals surface area contributed by atoms with E-state index in [9.17, 15) is 0 Å². The van der Waals surface area contributed by atoms with Crippen molar-refractivity contribution in [2.75, 3.05) is 19.6 Å². The molecule has 2 unspecified atom stereocenters. The Morgan fingerprint density at radius 1 is 1.33 bits per heavy atom. The lowest BCUT2D eigenvalue weighted by Gasteiger charge is -2.26. The Hall–Kier alpha value is -0.0800. The van der Waals surface area contributed by atoms with Crippen LogP contribution < -0.4 is 5.73 Å². The van der Waals surface area contributed by atoms with Crippen LogP contribution in [-0.2, 0) is 0 Å². The van der Waals surface area contributed by atoms with Gasteiger partial charge in [0, 0.05) is 19.1 Å². The van der Waals surface area contributed by atoms with Crippen molar-refractivity contribution in [3.8, 4) is 0 Å². The van der Waals surface area contributed by atoms with E-state index in [1.165, 1.54) is 25.9 Å². The van der Waals surface area contributed by atoms with Crippen LogP contribution >= 0.6 is 0 Å². The standard InChI is InChI=1S/C7H14N2/c8-7-3-6-1-2-9(4-6)5-7/h6-7H,1-5,8H2/t6-,7?/m0/s1. The van der Waals surface area contributed by atoms with Crippen LogP contribution in [0.2, 0.25) is 0 Å². The number of nitrogens with two attached hydrogens (primary N) is 1. The van der Waals surface area contributed by atoms with Crippen molar-refractivity contribution in [2.24, 2.45) is 11.7 Å². The Bertz CT molecular complexity index is 101. The monoisotopic (exact) mass is 126 g/mol. The molecule has 2 bridgehead atoms. The maximum atomic E-state index is 5.81. The van der Waals surface area contributed by atoms with Gasteiger partial charge in [-0.15, -0.1) is 0 Å². The third-order valence-corrected chi connectivity index (χ3v) is 2.50. The molecule has 0 spiro atoms. The van der Waals surface area contributed by atoms with Crippen LogP contribution in [0.4, 0.5) is 0 Å². The number of rotatable bonds is 0. The summed E-state index contributed by atoms with van der Waals surface area (Å²) in [6, 6.07) is 0.478. The van der Waals surface area contributed by atoms with Crippen molar-refractivity contribution in [1.29, 1.82) is 0 Å². The van der Waals surface area contributed by atoms with Gasteiger partial charge in [-0.3, -0.25) is 0 Å². The van der Waals surface area contributed by atoms with E-state index in [2.05, 4.69) is 4.90 Å². The number of fused-ring (bicyclic) bond motifs is 2. The van der Waals surface area contributed by atoms with Crippen LogP contribution in [0.5, 0.6) is 0 Å². The van der Waals surface area contributed by atoms with Gasteiger partial charge in [-0.05, 0) is 25.3 Å². The van der Waals surface area contributed by atoms with Crippen molar-refractivity contribution >= 4 is 0 Å². The van der Waals surface area contributed by atoms with E-state index >= 15 is 0 Å². The maximum Gasteiger partial charge on any atom is 0.0170 e. The van der Waals surface area contributed by atoms with Crippen LogP contribution in [0.15, 0.2) is 0 Å². The number of hydrogen-bond acceptors (Lipinski definition) is 2. The largest absolute Gasteiger partial charge is 0.327 e. The number of piperidine rings is 1. The summed E-state index contributed by atoms with van der Waals surface area (Å²) in [5.41, 5.74) is 5.81. The molecule has 52 valence electrons. The van der Waals surface area contributed by atoms with Gasteiger partial charge < -0.3 is 10.6 Å². The summed E-state index contributed by atoms with van der Waals surface area (Å²) >= 11 is 0. The molecule has 3 atom stereocenters. The molecule has 9 heavy (non-hydrogen) atoms. The molecule has 2 saturated heterocycles. The molecule has 0 saturated carbocycles. The van der Waals surface area contributed by atoms with Gasteiger partial charge in [-0.1, -0.05) is 0 Å². The minimum atomic E-state index is 0.478. The minimum Gasteiger partial charge on any atom is -0.327 e. The highest BCUT2D eigenvalue weighted by atomic mass is 15.2. The third-order valence-electron chi connectivity index (χ3n) is 2.50. The van der Waals surface area contributed by atoms with E-state index in [1.807, 2.05) is 0 Å². The van der Waals surface area contributed by atoms with Gasteiger partial charge in [-0.2, -0.15) is 0 Å². The zero-order chi connectivity index (χ0) is 6.27. The molecule has 2 nitrogen and oxygen atoms in total. The molecule has 0 aromatic rings. The van der Waals surface area contributed by atoms with E-state index in [1.54, 1.807) is 0 Å². The summed E-state index contributed by atoms with van der Waals surface area (Å²) in [5.74, 6) is 0.939. The van der Waals surface area contributed by atoms with Crippen molar-refractivity contribution in [1.82, 2.24) is 4.90 Å². The topological polar surface area (TPSA) is 29.3 Å². The van der Waals surface area contributed by atoms with Gasteiger partial charge in [0.15, 0.2) is 0 Å². The molecule has 2 aliphatic rings. The first-order valence-corrected chi connectivity index (χ1v) is 3.82. The first-order chi connectivity index (χ1) is 4.34. The molecular formula is C7H14N2. The van der Waals surface area contributed by atoms with E-state index in [0.29, 0.717) is 6.04 Å². The number of nitrogens with zero attached hydrogens (tertiary/aromatic N) is 1. The second-order valence-corrected chi connectivity index (χ2v) is 3.41. The summed E-state index contributed by atoms with van der Waals surface area (Å²) in [6.45, 7) is 3.78. The van der Waals surface area contributed by atoms with E-state index < -0.39 is 0 Å². The molecule has 2 fully saturated rings. The van der Waals surface area contributed by atoms with Crippen molar-refractivity contribution < 1.29 is 0 Å². The highest BCUT2D eigenvalue weighted by molar-refractivity contribution is 4.86. The van der Waals surface area contributed by atoms with Gasteiger partial charge in [0.2, 0.25) is 0 Å². The summed E-state index contributed by atoms with van der Waals surface area (Å²) in [5, 5.41) is 0. The molecule has 0 radical (unpaired) electrons. The van der Waals surface area contributed by atoms with E-state index in [4.69, 9.17) is 5.73 Å². The Morgan fingerprint density at radius 3 is 3.00 bits per heavy atom.